The van der Waals surface area contributed by atoms with E-state index in [4.69, 9.17) is 32.7 Å². The zero-order valence-electron chi connectivity index (χ0n) is 14.8. The summed E-state index contributed by atoms with van der Waals surface area (Å²) in [6.07, 6.45) is -0.437. The number of halogens is 2. The van der Waals surface area contributed by atoms with Crippen LogP contribution in [0.2, 0.25) is 10.0 Å². The smallest absolute Gasteiger partial charge is 0.307 e. The number of nitrogens with one attached hydrogen (secondary N) is 1. The maximum atomic E-state index is 12.3. The standard InChI is InChI=1S/C18H17Cl2NO6S/c1-26-15-5-3-2-4-14(15)21-17(22)11-27-18(23)8-9-28(24,25)16-10-12(19)6-7-13(16)20/h2-7,10H,8-9,11H2,1H3,(H,21,22). The van der Waals surface area contributed by atoms with Gasteiger partial charge in [-0.2, -0.15) is 0 Å². The number of carbonyl (C=O) groups excluding carboxylic acids is 2. The molecular formula is C18H17Cl2NO6S. The first-order valence-corrected chi connectivity index (χ1v) is 10.4. The van der Waals surface area contributed by atoms with Gasteiger partial charge in [0.15, 0.2) is 16.4 Å². The summed E-state index contributed by atoms with van der Waals surface area (Å²) >= 11 is 11.7. The Morgan fingerprint density at radius 3 is 2.54 bits per heavy atom. The highest BCUT2D eigenvalue weighted by atomic mass is 35.5. The van der Waals surface area contributed by atoms with Crippen LogP contribution in [0, 0.1) is 0 Å². The summed E-state index contributed by atoms with van der Waals surface area (Å²) in [5.74, 6) is -1.50. The first kappa shape index (κ1) is 22.0. The molecule has 0 aliphatic carbocycles. The summed E-state index contributed by atoms with van der Waals surface area (Å²) in [7, 11) is -2.38. The molecule has 0 bridgehead atoms. The third-order valence-electron chi connectivity index (χ3n) is 3.55. The predicted octanol–water partition coefficient (Wildman–Crippen LogP) is 3.35. The van der Waals surface area contributed by atoms with Crippen LogP contribution in [0.3, 0.4) is 0 Å². The highest BCUT2D eigenvalue weighted by Crippen LogP contribution is 2.26. The third kappa shape index (κ3) is 6.12. The molecule has 1 N–H and O–H groups in total. The normalized spacial score (nSPS) is 11.0. The fourth-order valence-corrected chi connectivity index (χ4v) is 4.23. The number of sulfone groups is 1. The summed E-state index contributed by atoms with van der Waals surface area (Å²) in [5.41, 5.74) is 0.421. The van der Waals surface area contributed by atoms with Gasteiger partial charge in [-0.3, -0.25) is 9.59 Å². The summed E-state index contributed by atoms with van der Waals surface area (Å²) < 4.78 is 34.5. The molecule has 1 amide bonds. The van der Waals surface area contributed by atoms with Gasteiger partial charge in [-0.15, -0.1) is 0 Å². The van der Waals surface area contributed by atoms with Gasteiger partial charge in [-0.1, -0.05) is 35.3 Å². The average Bonchev–Trinajstić information content (AvgIpc) is 2.67. The number of hydrogen-bond acceptors (Lipinski definition) is 6. The number of ether oxygens (including phenoxy) is 2. The molecule has 10 heteroatoms. The molecule has 2 aromatic carbocycles. The lowest BCUT2D eigenvalue weighted by atomic mass is 10.3. The minimum Gasteiger partial charge on any atom is -0.495 e. The SMILES string of the molecule is COc1ccccc1NC(=O)COC(=O)CCS(=O)(=O)c1cc(Cl)ccc1Cl. The van der Waals surface area contributed by atoms with Gasteiger partial charge in [-0.25, -0.2) is 8.42 Å². The number of carbonyl (C=O) groups is 2. The molecule has 0 heterocycles. The summed E-state index contributed by atoms with van der Waals surface area (Å²) in [6.45, 7) is -0.561. The number of methoxy groups -OCH3 is 1. The molecule has 0 unspecified atom stereocenters. The van der Waals surface area contributed by atoms with E-state index >= 15 is 0 Å². The fraction of sp³-hybridized carbons (Fsp3) is 0.222. The van der Waals surface area contributed by atoms with Crippen LogP contribution in [0.1, 0.15) is 6.42 Å². The largest absolute Gasteiger partial charge is 0.495 e. The van der Waals surface area contributed by atoms with Gasteiger partial charge in [-0.05, 0) is 30.3 Å². The van der Waals surface area contributed by atoms with E-state index in [9.17, 15) is 18.0 Å². The van der Waals surface area contributed by atoms with Gasteiger partial charge in [0.05, 0.1) is 34.9 Å². The van der Waals surface area contributed by atoms with Crippen LogP contribution in [0.5, 0.6) is 5.75 Å². The van der Waals surface area contributed by atoms with Crippen LogP contribution < -0.4 is 10.1 Å². The Labute approximate surface area is 172 Å². The summed E-state index contributed by atoms with van der Waals surface area (Å²) in [4.78, 5) is 23.5. The molecule has 150 valence electrons. The van der Waals surface area contributed by atoms with E-state index in [1.165, 1.54) is 25.3 Å². The van der Waals surface area contributed by atoms with Crippen LogP contribution in [0.4, 0.5) is 5.69 Å². The van der Waals surface area contributed by atoms with Gasteiger partial charge in [0, 0.05) is 5.02 Å². The van der Waals surface area contributed by atoms with Crippen molar-refractivity contribution >= 4 is 50.6 Å². The number of esters is 1. The molecule has 0 fully saturated rings. The van der Waals surface area contributed by atoms with Crippen molar-refractivity contribution in [1.82, 2.24) is 0 Å². The van der Waals surface area contributed by atoms with E-state index in [0.29, 0.717) is 11.4 Å². The summed E-state index contributed by atoms with van der Waals surface area (Å²) in [6, 6.07) is 10.8. The zero-order valence-corrected chi connectivity index (χ0v) is 17.1. The second kappa shape index (κ2) is 9.77. The second-order valence-electron chi connectivity index (χ2n) is 5.55. The monoisotopic (exact) mass is 445 g/mol. The van der Waals surface area contributed by atoms with E-state index in [2.05, 4.69) is 5.32 Å². The van der Waals surface area contributed by atoms with Crippen molar-refractivity contribution in [3.63, 3.8) is 0 Å². The maximum Gasteiger partial charge on any atom is 0.307 e. The molecule has 0 atom stereocenters. The van der Waals surface area contributed by atoms with Crippen molar-refractivity contribution in [1.29, 1.82) is 0 Å². The minimum absolute atomic E-state index is 0.00829. The van der Waals surface area contributed by atoms with Crippen molar-refractivity contribution in [2.24, 2.45) is 0 Å². The van der Waals surface area contributed by atoms with Crippen LogP contribution in [-0.2, 0) is 24.2 Å². The fourth-order valence-electron chi connectivity index (χ4n) is 2.20. The Bertz CT molecular complexity index is 978. The lowest BCUT2D eigenvalue weighted by Crippen LogP contribution is -2.22. The second-order valence-corrected chi connectivity index (χ2v) is 8.47. The van der Waals surface area contributed by atoms with Crippen LogP contribution >= 0.6 is 23.2 Å². The van der Waals surface area contributed by atoms with Crippen molar-refractivity contribution in [3.05, 3.63) is 52.5 Å². The highest BCUT2D eigenvalue weighted by Gasteiger charge is 2.21. The molecule has 28 heavy (non-hydrogen) atoms. The number of para-hydroxylation sites is 2. The number of amides is 1. The Morgan fingerprint density at radius 1 is 1.11 bits per heavy atom. The molecule has 0 spiro atoms. The van der Waals surface area contributed by atoms with Gasteiger partial charge in [0.25, 0.3) is 5.91 Å². The molecule has 2 rings (SSSR count). The van der Waals surface area contributed by atoms with E-state index < -0.39 is 40.5 Å². The van der Waals surface area contributed by atoms with Crippen molar-refractivity contribution in [2.45, 2.75) is 11.3 Å². The van der Waals surface area contributed by atoms with Crippen LogP contribution in [0.15, 0.2) is 47.4 Å². The Kier molecular flexibility index (Phi) is 7.68. The predicted molar refractivity (Wildman–Crippen MR) is 106 cm³/mol. The molecule has 2 aromatic rings. The van der Waals surface area contributed by atoms with Crippen molar-refractivity contribution in [2.75, 3.05) is 24.8 Å². The van der Waals surface area contributed by atoms with E-state index in [0.717, 1.165) is 0 Å². The zero-order chi connectivity index (χ0) is 20.7. The third-order valence-corrected chi connectivity index (χ3v) is 5.97. The van der Waals surface area contributed by atoms with Crippen LogP contribution in [-0.4, -0.2) is 39.8 Å². The molecular weight excluding hydrogens is 429 g/mol. The topological polar surface area (TPSA) is 98.8 Å². The van der Waals surface area contributed by atoms with Gasteiger partial charge in [0.1, 0.15) is 5.75 Å². The minimum atomic E-state index is -3.84. The number of rotatable bonds is 8. The average molecular weight is 446 g/mol. The molecule has 7 nitrogen and oxygen atoms in total. The van der Waals surface area contributed by atoms with Crippen molar-refractivity contribution < 1.29 is 27.5 Å². The molecule has 0 radical (unpaired) electrons. The van der Waals surface area contributed by atoms with Gasteiger partial charge >= 0.3 is 5.97 Å². The van der Waals surface area contributed by atoms with E-state index in [-0.39, 0.29) is 14.9 Å². The van der Waals surface area contributed by atoms with E-state index in [1.807, 2.05) is 0 Å². The number of benzene rings is 2. The Morgan fingerprint density at radius 2 is 1.82 bits per heavy atom. The molecule has 0 saturated heterocycles. The maximum absolute atomic E-state index is 12.3. The number of hydrogen-bond donors (Lipinski definition) is 1. The van der Waals surface area contributed by atoms with Crippen LogP contribution in [0.25, 0.3) is 0 Å². The number of anilines is 1. The Balaban J connectivity index is 1.87. The summed E-state index contributed by atoms with van der Waals surface area (Å²) in [5, 5.41) is 2.75. The quantitative estimate of drug-likeness (QED) is 0.625. The van der Waals surface area contributed by atoms with Gasteiger partial charge < -0.3 is 14.8 Å². The highest BCUT2D eigenvalue weighted by molar-refractivity contribution is 7.91. The lowest BCUT2D eigenvalue weighted by molar-refractivity contribution is -0.146. The molecule has 0 aliphatic rings. The lowest BCUT2D eigenvalue weighted by Gasteiger charge is -2.10. The van der Waals surface area contributed by atoms with Gasteiger partial charge in [0.2, 0.25) is 0 Å². The van der Waals surface area contributed by atoms with Crippen molar-refractivity contribution in [3.8, 4) is 5.75 Å². The Hall–Kier alpha value is -2.29. The molecule has 0 aromatic heterocycles. The molecule has 0 saturated carbocycles. The first-order valence-electron chi connectivity index (χ1n) is 7.99. The first-order chi connectivity index (χ1) is 13.2. The van der Waals surface area contributed by atoms with E-state index in [1.54, 1.807) is 24.3 Å². The molecule has 0 aliphatic heterocycles.